The summed E-state index contributed by atoms with van der Waals surface area (Å²) in [5, 5.41) is 13.4. The lowest BCUT2D eigenvalue weighted by molar-refractivity contribution is 0.371. The van der Waals surface area contributed by atoms with Crippen molar-refractivity contribution in [2.75, 3.05) is 12.4 Å². The molecule has 20 heavy (non-hydrogen) atoms. The smallest absolute Gasteiger partial charge is 0.162 e. The SMILES string of the molecule is COc1cc(Cl)cc(CNc2ccc(Cl)c(F)c2)c1O. The molecule has 0 radical (unpaired) electrons. The average Bonchev–Trinajstić information content (AvgIpc) is 2.43. The van der Waals surface area contributed by atoms with Crippen molar-refractivity contribution in [1.29, 1.82) is 0 Å². The highest BCUT2D eigenvalue weighted by molar-refractivity contribution is 6.31. The van der Waals surface area contributed by atoms with Crippen molar-refractivity contribution >= 4 is 28.9 Å². The molecule has 0 saturated heterocycles. The number of phenols is 1. The Morgan fingerprint density at radius 3 is 2.65 bits per heavy atom. The predicted octanol–water partition coefficient (Wildman–Crippen LogP) is 4.46. The summed E-state index contributed by atoms with van der Waals surface area (Å²) in [4.78, 5) is 0. The topological polar surface area (TPSA) is 41.5 Å². The zero-order valence-corrected chi connectivity index (χ0v) is 12.1. The Hall–Kier alpha value is -1.65. The Balaban J connectivity index is 2.18. The van der Waals surface area contributed by atoms with Crippen LogP contribution in [0.25, 0.3) is 0 Å². The minimum absolute atomic E-state index is 0.00108. The van der Waals surface area contributed by atoms with E-state index in [9.17, 15) is 9.50 Å². The molecule has 0 spiro atoms. The fourth-order valence-corrected chi connectivity index (χ4v) is 2.07. The van der Waals surface area contributed by atoms with E-state index < -0.39 is 5.82 Å². The number of ether oxygens (including phenoxy) is 1. The third kappa shape index (κ3) is 3.26. The van der Waals surface area contributed by atoms with Crippen LogP contribution in [0.1, 0.15) is 5.56 Å². The molecule has 0 aromatic heterocycles. The first-order chi connectivity index (χ1) is 9.51. The monoisotopic (exact) mass is 315 g/mol. The molecule has 6 heteroatoms. The number of nitrogens with one attached hydrogen (secondary N) is 1. The number of benzene rings is 2. The Morgan fingerprint density at radius 1 is 1.25 bits per heavy atom. The van der Waals surface area contributed by atoms with Crippen LogP contribution in [0.5, 0.6) is 11.5 Å². The van der Waals surface area contributed by atoms with Gasteiger partial charge in [0.05, 0.1) is 12.1 Å². The van der Waals surface area contributed by atoms with E-state index in [1.807, 2.05) is 0 Å². The van der Waals surface area contributed by atoms with Crippen LogP contribution in [0, 0.1) is 5.82 Å². The van der Waals surface area contributed by atoms with Gasteiger partial charge in [-0.05, 0) is 24.3 Å². The van der Waals surface area contributed by atoms with Crippen LogP contribution < -0.4 is 10.1 Å². The first-order valence-corrected chi connectivity index (χ1v) is 6.51. The highest BCUT2D eigenvalue weighted by Crippen LogP contribution is 2.33. The second-order valence-electron chi connectivity index (χ2n) is 4.10. The van der Waals surface area contributed by atoms with Gasteiger partial charge in [0.25, 0.3) is 0 Å². The molecule has 0 aliphatic rings. The van der Waals surface area contributed by atoms with E-state index >= 15 is 0 Å². The summed E-state index contributed by atoms with van der Waals surface area (Å²) >= 11 is 11.5. The van der Waals surface area contributed by atoms with Gasteiger partial charge in [-0.15, -0.1) is 0 Å². The summed E-state index contributed by atoms with van der Waals surface area (Å²) in [5.41, 5.74) is 1.09. The van der Waals surface area contributed by atoms with Crippen molar-refractivity contribution in [1.82, 2.24) is 0 Å². The minimum atomic E-state index is -0.510. The lowest BCUT2D eigenvalue weighted by Gasteiger charge is -2.12. The van der Waals surface area contributed by atoms with Gasteiger partial charge in [0.1, 0.15) is 5.82 Å². The van der Waals surface area contributed by atoms with E-state index in [0.29, 0.717) is 16.3 Å². The first-order valence-electron chi connectivity index (χ1n) is 5.75. The summed E-state index contributed by atoms with van der Waals surface area (Å²) in [6.07, 6.45) is 0. The van der Waals surface area contributed by atoms with E-state index in [0.717, 1.165) is 0 Å². The summed E-state index contributed by atoms with van der Waals surface area (Å²) in [6, 6.07) is 7.50. The van der Waals surface area contributed by atoms with Gasteiger partial charge in [-0.3, -0.25) is 0 Å². The molecule has 0 heterocycles. The molecule has 3 nitrogen and oxygen atoms in total. The second kappa shape index (κ2) is 6.20. The zero-order valence-electron chi connectivity index (χ0n) is 10.6. The molecule has 0 aliphatic carbocycles. The van der Waals surface area contributed by atoms with Gasteiger partial charge < -0.3 is 15.2 Å². The second-order valence-corrected chi connectivity index (χ2v) is 4.94. The third-order valence-corrected chi connectivity index (χ3v) is 3.27. The lowest BCUT2D eigenvalue weighted by atomic mass is 10.1. The Labute approximate surface area is 125 Å². The van der Waals surface area contributed by atoms with Crippen LogP contribution in [0.4, 0.5) is 10.1 Å². The molecular formula is C14H12Cl2FNO2. The predicted molar refractivity (Wildman–Crippen MR) is 78.4 cm³/mol. The minimum Gasteiger partial charge on any atom is -0.504 e. The van der Waals surface area contributed by atoms with Crippen LogP contribution in [-0.4, -0.2) is 12.2 Å². The fourth-order valence-electron chi connectivity index (χ4n) is 1.72. The van der Waals surface area contributed by atoms with Gasteiger partial charge >= 0.3 is 0 Å². The molecule has 0 atom stereocenters. The molecule has 0 aliphatic heterocycles. The number of hydrogen-bond acceptors (Lipinski definition) is 3. The number of halogens is 3. The van der Waals surface area contributed by atoms with Crippen molar-refractivity contribution < 1.29 is 14.2 Å². The van der Waals surface area contributed by atoms with Gasteiger partial charge in [-0.2, -0.15) is 0 Å². The molecule has 2 N–H and O–H groups in total. The summed E-state index contributed by atoms with van der Waals surface area (Å²) in [6.45, 7) is 0.268. The molecule has 0 bridgehead atoms. The van der Waals surface area contributed by atoms with E-state index in [-0.39, 0.29) is 23.1 Å². The van der Waals surface area contributed by atoms with Gasteiger partial charge in [0.2, 0.25) is 0 Å². The maximum atomic E-state index is 13.3. The maximum Gasteiger partial charge on any atom is 0.162 e. The highest BCUT2D eigenvalue weighted by Gasteiger charge is 2.10. The number of rotatable bonds is 4. The van der Waals surface area contributed by atoms with Gasteiger partial charge in [0.15, 0.2) is 11.5 Å². The van der Waals surface area contributed by atoms with Crippen LogP contribution >= 0.6 is 23.2 Å². The van der Waals surface area contributed by atoms with Crippen molar-refractivity contribution in [2.24, 2.45) is 0 Å². The molecule has 0 unspecified atom stereocenters. The van der Waals surface area contributed by atoms with Crippen LogP contribution in [0.15, 0.2) is 30.3 Å². The number of anilines is 1. The average molecular weight is 316 g/mol. The molecule has 2 aromatic rings. The van der Waals surface area contributed by atoms with Crippen LogP contribution in [0.2, 0.25) is 10.0 Å². The maximum absolute atomic E-state index is 13.3. The van der Waals surface area contributed by atoms with E-state index in [4.69, 9.17) is 27.9 Å². The zero-order chi connectivity index (χ0) is 14.7. The molecule has 0 amide bonds. The van der Waals surface area contributed by atoms with Crippen molar-refractivity contribution in [3.63, 3.8) is 0 Å². The molecule has 0 saturated carbocycles. The molecule has 2 aromatic carbocycles. The molecule has 0 fully saturated rings. The summed E-state index contributed by atoms with van der Waals surface area (Å²) in [7, 11) is 1.44. The standard InChI is InChI=1S/C14H12Cl2FNO2/c1-20-13-5-9(15)4-8(14(13)19)7-18-10-2-3-11(16)12(17)6-10/h2-6,18-19H,7H2,1H3. The Kier molecular flexibility index (Phi) is 4.57. The van der Waals surface area contributed by atoms with Gasteiger partial charge in [-0.1, -0.05) is 23.2 Å². The van der Waals surface area contributed by atoms with E-state index in [2.05, 4.69) is 5.32 Å². The normalized spacial score (nSPS) is 10.4. The van der Waals surface area contributed by atoms with Crippen LogP contribution in [0.3, 0.4) is 0 Å². The van der Waals surface area contributed by atoms with E-state index in [1.165, 1.54) is 25.3 Å². The quantitative estimate of drug-likeness (QED) is 0.875. The number of methoxy groups -OCH3 is 1. The highest BCUT2D eigenvalue weighted by atomic mass is 35.5. The Bertz CT molecular complexity index is 635. The number of hydrogen-bond donors (Lipinski definition) is 2. The molecule has 2 rings (SSSR count). The molecular weight excluding hydrogens is 304 g/mol. The van der Waals surface area contributed by atoms with E-state index in [1.54, 1.807) is 12.1 Å². The fraction of sp³-hybridized carbons (Fsp3) is 0.143. The number of phenolic OH excluding ortho intramolecular Hbond substituents is 1. The van der Waals surface area contributed by atoms with Crippen molar-refractivity contribution in [3.05, 3.63) is 51.8 Å². The van der Waals surface area contributed by atoms with Crippen molar-refractivity contribution in [3.8, 4) is 11.5 Å². The lowest BCUT2D eigenvalue weighted by Crippen LogP contribution is -2.01. The van der Waals surface area contributed by atoms with Crippen molar-refractivity contribution in [2.45, 2.75) is 6.54 Å². The Morgan fingerprint density at radius 2 is 2.00 bits per heavy atom. The first kappa shape index (κ1) is 14.8. The van der Waals surface area contributed by atoms with Gasteiger partial charge in [-0.25, -0.2) is 4.39 Å². The van der Waals surface area contributed by atoms with Crippen LogP contribution in [-0.2, 0) is 6.54 Å². The number of aromatic hydroxyl groups is 1. The third-order valence-electron chi connectivity index (χ3n) is 2.74. The summed E-state index contributed by atoms with van der Waals surface area (Å²) in [5.74, 6) is -0.222. The largest absolute Gasteiger partial charge is 0.504 e. The summed E-state index contributed by atoms with van der Waals surface area (Å²) < 4.78 is 18.3. The molecule has 106 valence electrons. The van der Waals surface area contributed by atoms with Gasteiger partial charge in [0, 0.05) is 28.9 Å².